The maximum absolute atomic E-state index is 9.88. The summed E-state index contributed by atoms with van der Waals surface area (Å²) in [5.41, 5.74) is 6.87. The Morgan fingerprint density at radius 3 is 2.69 bits per heavy atom. The summed E-state index contributed by atoms with van der Waals surface area (Å²) in [4.78, 5) is 4.52. The number of benzene rings is 3. The summed E-state index contributed by atoms with van der Waals surface area (Å²) in [5.74, 6) is 1.27. The van der Waals surface area contributed by atoms with Crippen molar-refractivity contribution in [2.24, 2.45) is 10.9 Å². The molecule has 144 valence electrons. The SMILES string of the molecule is Cc1ccc2c(c1)[C@@H]1C=CC[C@H]1[C@H](c1ccc(N=Cc3ccccc3O)cc1)N2. The van der Waals surface area contributed by atoms with Gasteiger partial charge in [-0.25, -0.2) is 0 Å². The average molecular weight is 380 g/mol. The third kappa shape index (κ3) is 3.33. The molecular weight excluding hydrogens is 356 g/mol. The Labute approximate surface area is 171 Å². The number of aliphatic imine (C=N–C) groups is 1. The van der Waals surface area contributed by atoms with E-state index < -0.39 is 0 Å². The molecule has 5 rings (SSSR count). The van der Waals surface area contributed by atoms with E-state index >= 15 is 0 Å². The number of nitrogens with one attached hydrogen (secondary N) is 1. The van der Waals surface area contributed by atoms with Gasteiger partial charge >= 0.3 is 0 Å². The van der Waals surface area contributed by atoms with Crippen molar-refractivity contribution in [2.75, 3.05) is 5.32 Å². The minimum Gasteiger partial charge on any atom is -0.507 e. The van der Waals surface area contributed by atoms with Crippen LogP contribution in [0.1, 0.15) is 40.6 Å². The molecule has 0 bridgehead atoms. The summed E-state index contributed by atoms with van der Waals surface area (Å²) in [6, 6.07) is 22.7. The molecule has 0 spiro atoms. The molecule has 0 unspecified atom stereocenters. The Morgan fingerprint density at radius 1 is 1.03 bits per heavy atom. The van der Waals surface area contributed by atoms with E-state index in [1.54, 1.807) is 12.3 Å². The maximum atomic E-state index is 9.88. The van der Waals surface area contributed by atoms with Crippen LogP contribution >= 0.6 is 0 Å². The van der Waals surface area contributed by atoms with E-state index in [0.29, 0.717) is 17.9 Å². The molecule has 2 aliphatic rings. The van der Waals surface area contributed by atoms with Crippen molar-refractivity contribution < 1.29 is 5.11 Å². The minimum absolute atomic E-state index is 0.243. The molecule has 0 fully saturated rings. The van der Waals surface area contributed by atoms with Crippen molar-refractivity contribution in [1.29, 1.82) is 0 Å². The molecule has 1 aliphatic heterocycles. The van der Waals surface area contributed by atoms with E-state index in [0.717, 1.165) is 17.7 Å². The largest absolute Gasteiger partial charge is 0.507 e. The van der Waals surface area contributed by atoms with E-state index in [2.05, 4.69) is 71.8 Å². The highest BCUT2D eigenvalue weighted by Crippen LogP contribution is 2.50. The number of phenolic OH excluding ortho intramolecular Hbond substituents is 1. The molecular formula is C26H24N2O. The number of aromatic hydroxyl groups is 1. The van der Waals surface area contributed by atoms with Crippen LogP contribution in [0.5, 0.6) is 5.75 Å². The third-order valence-corrected chi connectivity index (χ3v) is 6.06. The minimum atomic E-state index is 0.243. The van der Waals surface area contributed by atoms with Crippen LogP contribution in [0.25, 0.3) is 0 Å². The number of phenols is 1. The van der Waals surface area contributed by atoms with Gasteiger partial charge in [0.25, 0.3) is 0 Å². The highest BCUT2D eigenvalue weighted by Gasteiger charge is 2.37. The third-order valence-electron chi connectivity index (χ3n) is 6.06. The van der Waals surface area contributed by atoms with Crippen LogP contribution in [0, 0.1) is 12.8 Å². The number of anilines is 1. The molecule has 0 saturated heterocycles. The molecule has 2 N–H and O–H groups in total. The molecule has 3 atom stereocenters. The summed E-state index contributed by atoms with van der Waals surface area (Å²) in [6.45, 7) is 2.16. The van der Waals surface area contributed by atoms with Crippen molar-refractivity contribution in [3.05, 3.63) is 101 Å². The fourth-order valence-corrected chi connectivity index (χ4v) is 4.55. The molecule has 3 aromatic carbocycles. The van der Waals surface area contributed by atoms with E-state index in [1.807, 2.05) is 18.2 Å². The zero-order chi connectivity index (χ0) is 19.8. The number of nitrogens with zero attached hydrogens (tertiary/aromatic N) is 1. The maximum Gasteiger partial charge on any atom is 0.124 e. The number of hydrogen-bond acceptors (Lipinski definition) is 3. The van der Waals surface area contributed by atoms with Gasteiger partial charge in [0.2, 0.25) is 0 Å². The highest BCUT2D eigenvalue weighted by molar-refractivity contribution is 5.85. The van der Waals surface area contributed by atoms with Gasteiger partial charge in [0.15, 0.2) is 0 Å². The molecule has 3 nitrogen and oxygen atoms in total. The number of aryl methyl sites for hydroxylation is 1. The van der Waals surface area contributed by atoms with Crippen molar-refractivity contribution >= 4 is 17.6 Å². The lowest BCUT2D eigenvalue weighted by atomic mass is 9.76. The lowest BCUT2D eigenvalue weighted by molar-refractivity contribution is 0.425. The second-order valence-corrected chi connectivity index (χ2v) is 7.97. The van der Waals surface area contributed by atoms with Gasteiger partial charge in [0.05, 0.1) is 11.7 Å². The first-order valence-electron chi connectivity index (χ1n) is 10.1. The van der Waals surface area contributed by atoms with Crippen LogP contribution in [0.2, 0.25) is 0 Å². The van der Waals surface area contributed by atoms with Crippen molar-refractivity contribution in [3.63, 3.8) is 0 Å². The van der Waals surface area contributed by atoms with Gasteiger partial charge in [-0.3, -0.25) is 4.99 Å². The lowest BCUT2D eigenvalue weighted by Crippen LogP contribution is -2.29. The number of allylic oxidation sites excluding steroid dienone is 2. The topological polar surface area (TPSA) is 44.6 Å². The van der Waals surface area contributed by atoms with E-state index in [1.165, 1.54) is 22.4 Å². The predicted molar refractivity (Wildman–Crippen MR) is 119 cm³/mol. The number of fused-ring (bicyclic) bond motifs is 3. The van der Waals surface area contributed by atoms with Gasteiger partial charge in [-0.05, 0) is 60.7 Å². The predicted octanol–water partition coefficient (Wildman–Crippen LogP) is 6.28. The van der Waals surface area contributed by atoms with Gasteiger partial charge in [-0.1, -0.05) is 54.1 Å². The molecule has 0 radical (unpaired) electrons. The highest BCUT2D eigenvalue weighted by atomic mass is 16.3. The first-order valence-corrected chi connectivity index (χ1v) is 10.1. The summed E-state index contributed by atoms with van der Waals surface area (Å²) in [6.07, 6.45) is 7.51. The molecule has 29 heavy (non-hydrogen) atoms. The average Bonchev–Trinajstić information content (AvgIpc) is 3.23. The van der Waals surface area contributed by atoms with Crippen LogP contribution < -0.4 is 5.32 Å². The second kappa shape index (κ2) is 7.25. The second-order valence-electron chi connectivity index (χ2n) is 7.97. The van der Waals surface area contributed by atoms with Gasteiger partial charge in [0.1, 0.15) is 5.75 Å². The monoisotopic (exact) mass is 380 g/mol. The lowest BCUT2D eigenvalue weighted by Gasteiger charge is -2.37. The van der Waals surface area contributed by atoms with E-state index in [-0.39, 0.29) is 5.75 Å². The van der Waals surface area contributed by atoms with Crippen molar-refractivity contribution in [3.8, 4) is 5.75 Å². The molecule has 1 aliphatic carbocycles. The van der Waals surface area contributed by atoms with Crippen LogP contribution in [0.4, 0.5) is 11.4 Å². The Morgan fingerprint density at radius 2 is 1.86 bits per heavy atom. The quantitative estimate of drug-likeness (QED) is 0.415. The Hall–Kier alpha value is -3.33. The number of para-hydroxylation sites is 1. The summed E-state index contributed by atoms with van der Waals surface area (Å²) >= 11 is 0. The van der Waals surface area contributed by atoms with Gasteiger partial charge in [0, 0.05) is 23.4 Å². The number of hydrogen-bond donors (Lipinski definition) is 2. The first-order chi connectivity index (χ1) is 14.2. The summed E-state index contributed by atoms with van der Waals surface area (Å²) in [7, 11) is 0. The zero-order valence-electron chi connectivity index (χ0n) is 16.4. The smallest absolute Gasteiger partial charge is 0.124 e. The standard InChI is InChI=1S/C26H24N2O/c1-17-9-14-24-23(15-17)21-6-4-7-22(21)26(28-24)18-10-12-20(13-11-18)27-16-19-5-2-3-8-25(19)29/h2-6,8-16,21-22,26,28-29H,7H2,1H3/t21-,22-,26+/m1/s1. The fraction of sp³-hybridized carbons (Fsp3) is 0.192. The molecule has 1 heterocycles. The van der Waals surface area contributed by atoms with Crippen LogP contribution in [-0.2, 0) is 0 Å². The van der Waals surface area contributed by atoms with Crippen molar-refractivity contribution in [1.82, 2.24) is 0 Å². The van der Waals surface area contributed by atoms with Crippen LogP contribution in [-0.4, -0.2) is 11.3 Å². The molecule has 3 aromatic rings. The van der Waals surface area contributed by atoms with Gasteiger partial charge in [-0.15, -0.1) is 0 Å². The molecule has 0 amide bonds. The normalized spacial score (nSPS) is 22.3. The van der Waals surface area contributed by atoms with E-state index in [9.17, 15) is 5.11 Å². The Balaban J connectivity index is 1.40. The Bertz CT molecular complexity index is 1100. The first kappa shape index (κ1) is 17.7. The van der Waals surface area contributed by atoms with Crippen molar-refractivity contribution in [2.45, 2.75) is 25.3 Å². The zero-order valence-corrected chi connectivity index (χ0v) is 16.4. The summed E-state index contributed by atoms with van der Waals surface area (Å²) in [5, 5.41) is 13.7. The molecule has 0 saturated carbocycles. The van der Waals surface area contributed by atoms with Gasteiger partial charge in [-0.2, -0.15) is 0 Å². The fourth-order valence-electron chi connectivity index (χ4n) is 4.55. The van der Waals surface area contributed by atoms with Crippen LogP contribution in [0.15, 0.2) is 83.9 Å². The van der Waals surface area contributed by atoms with Crippen LogP contribution in [0.3, 0.4) is 0 Å². The van der Waals surface area contributed by atoms with E-state index in [4.69, 9.17) is 0 Å². The molecule has 0 aromatic heterocycles. The molecule has 3 heteroatoms. The van der Waals surface area contributed by atoms with Gasteiger partial charge < -0.3 is 10.4 Å². The summed E-state index contributed by atoms with van der Waals surface area (Å²) < 4.78 is 0. The Kier molecular flexibility index (Phi) is 4.44. The number of rotatable bonds is 3.